The molecule has 0 atom stereocenters. The summed E-state index contributed by atoms with van der Waals surface area (Å²) in [6.45, 7) is 0. The Morgan fingerprint density at radius 2 is 1.75 bits per heavy atom. The zero-order valence-electron chi connectivity index (χ0n) is 7.98. The van der Waals surface area contributed by atoms with Crippen LogP contribution in [0.3, 0.4) is 0 Å². The van der Waals surface area contributed by atoms with Gasteiger partial charge in [-0.2, -0.15) is 5.26 Å². The van der Waals surface area contributed by atoms with Crippen molar-refractivity contribution in [2.75, 3.05) is 0 Å². The summed E-state index contributed by atoms with van der Waals surface area (Å²) in [5, 5.41) is 17.0. The SMILES string of the molecule is N#Cc1ccc(-c2nnc(Cl)cc2Cl)cc1. The van der Waals surface area contributed by atoms with E-state index in [1.807, 2.05) is 6.07 Å². The van der Waals surface area contributed by atoms with Gasteiger partial charge in [-0.1, -0.05) is 35.3 Å². The number of nitriles is 1. The smallest absolute Gasteiger partial charge is 0.153 e. The maximum Gasteiger partial charge on any atom is 0.153 e. The van der Waals surface area contributed by atoms with Gasteiger partial charge in [0.15, 0.2) is 5.15 Å². The summed E-state index contributed by atoms with van der Waals surface area (Å²) in [4.78, 5) is 0. The molecular formula is C11H5Cl2N3. The Morgan fingerprint density at radius 1 is 1.06 bits per heavy atom. The summed E-state index contributed by atoms with van der Waals surface area (Å²) in [5.74, 6) is 0. The lowest BCUT2D eigenvalue weighted by molar-refractivity contribution is 1.04. The highest BCUT2D eigenvalue weighted by atomic mass is 35.5. The molecule has 5 heteroatoms. The van der Waals surface area contributed by atoms with Crippen LogP contribution in [0, 0.1) is 11.3 Å². The van der Waals surface area contributed by atoms with Gasteiger partial charge in [-0.25, -0.2) is 0 Å². The number of halogens is 2. The van der Waals surface area contributed by atoms with Gasteiger partial charge in [0.2, 0.25) is 0 Å². The molecule has 78 valence electrons. The Bertz CT molecular complexity index is 558. The van der Waals surface area contributed by atoms with E-state index in [2.05, 4.69) is 10.2 Å². The van der Waals surface area contributed by atoms with Crippen molar-refractivity contribution >= 4 is 23.2 Å². The molecule has 0 spiro atoms. The van der Waals surface area contributed by atoms with Crippen LogP contribution in [0.5, 0.6) is 0 Å². The molecule has 2 aromatic rings. The lowest BCUT2D eigenvalue weighted by Crippen LogP contribution is -1.89. The highest BCUT2D eigenvalue weighted by Gasteiger charge is 2.06. The topological polar surface area (TPSA) is 49.6 Å². The van der Waals surface area contributed by atoms with Crippen molar-refractivity contribution in [1.29, 1.82) is 5.26 Å². The third-order valence-electron chi connectivity index (χ3n) is 2.01. The second kappa shape index (κ2) is 4.48. The molecule has 0 amide bonds. The average Bonchev–Trinajstić information content (AvgIpc) is 2.29. The zero-order chi connectivity index (χ0) is 11.5. The number of rotatable bonds is 1. The maximum absolute atomic E-state index is 8.67. The molecule has 0 N–H and O–H groups in total. The van der Waals surface area contributed by atoms with E-state index in [1.54, 1.807) is 24.3 Å². The van der Waals surface area contributed by atoms with Crippen LogP contribution in [0.25, 0.3) is 11.3 Å². The van der Waals surface area contributed by atoms with Gasteiger partial charge in [0, 0.05) is 5.56 Å². The van der Waals surface area contributed by atoms with Crippen molar-refractivity contribution in [3.63, 3.8) is 0 Å². The summed E-state index contributed by atoms with van der Waals surface area (Å²) >= 11 is 11.6. The van der Waals surface area contributed by atoms with Crippen LogP contribution in [0.1, 0.15) is 5.56 Å². The second-order valence-electron chi connectivity index (χ2n) is 3.05. The van der Waals surface area contributed by atoms with Gasteiger partial charge in [-0.3, -0.25) is 0 Å². The van der Waals surface area contributed by atoms with Gasteiger partial charge in [0.1, 0.15) is 5.69 Å². The van der Waals surface area contributed by atoms with Crippen molar-refractivity contribution in [2.45, 2.75) is 0 Å². The van der Waals surface area contributed by atoms with Gasteiger partial charge in [0.25, 0.3) is 0 Å². The van der Waals surface area contributed by atoms with Gasteiger partial charge < -0.3 is 0 Å². The van der Waals surface area contributed by atoms with Crippen LogP contribution in [-0.2, 0) is 0 Å². The van der Waals surface area contributed by atoms with Crippen molar-refractivity contribution in [1.82, 2.24) is 10.2 Å². The fourth-order valence-corrected chi connectivity index (χ4v) is 1.70. The van der Waals surface area contributed by atoms with E-state index in [9.17, 15) is 0 Å². The fourth-order valence-electron chi connectivity index (χ4n) is 1.25. The molecule has 3 nitrogen and oxygen atoms in total. The quantitative estimate of drug-likeness (QED) is 0.779. The van der Waals surface area contributed by atoms with Crippen molar-refractivity contribution in [2.24, 2.45) is 0 Å². The zero-order valence-corrected chi connectivity index (χ0v) is 9.50. The molecule has 1 aromatic carbocycles. The molecule has 0 saturated carbocycles. The first-order chi connectivity index (χ1) is 7.70. The van der Waals surface area contributed by atoms with Crippen LogP contribution in [0.2, 0.25) is 10.2 Å². The molecule has 0 aliphatic rings. The van der Waals surface area contributed by atoms with E-state index in [4.69, 9.17) is 28.5 Å². The van der Waals surface area contributed by atoms with Crippen molar-refractivity contribution < 1.29 is 0 Å². The standard InChI is InChI=1S/C11H5Cl2N3/c12-9-5-10(13)15-16-11(9)8-3-1-7(6-14)2-4-8/h1-5H. The number of hydrogen-bond acceptors (Lipinski definition) is 3. The highest BCUT2D eigenvalue weighted by Crippen LogP contribution is 2.26. The molecule has 0 aliphatic heterocycles. The normalized spacial score (nSPS) is 9.81. The third kappa shape index (κ3) is 2.13. The molecular weight excluding hydrogens is 245 g/mol. The van der Waals surface area contributed by atoms with E-state index >= 15 is 0 Å². The van der Waals surface area contributed by atoms with Crippen LogP contribution >= 0.6 is 23.2 Å². The summed E-state index contributed by atoms with van der Waals surface area (Å²) in [6.07, 6.45) is 0. The van der Waals surface area contributed by atoms with Gasteiger partial charge in [-0.05, 0) is 18.2 Å². The average molecular weight is 250 g/mol. The van der Waals surface area contributed by atoms with E-state index in [0.29, 0.717) is 16.3 Å². The first-order valence-electron chi connectivity index (χ1n) is 4.40. The van der Waals surface area contributed by atoms with Crippen LogP contribution < -0.4 is 0 Å². The van der Waals surface area contributed by atoms with Crippen molar-refractivity contribution in [3.8, 4) is 17.3 Å². The summed E-state index contributed by atoms with van der Waals surface area (Å²) in [6, 6.07) is 10.5. The molecule has 0 bridgehead atoms. The number of hydrogen-bond donors (Lipinski definition) is 0. The molecule has 16 heavy (non-hydrogen) atoms. The van der Waals surface area contributed by atoms with Gasteiger partial charge in [-0.15, -0.1) is 10.2 Å². The molecule has 0 unspecified atom stereocenters. The number of nitrogens with zero attached hydrogens (tertiary/aromatic N) is 3. The summed E-state index contributed by atoms with van der Waals surface area (Å²) < 4.78 is 0. The molecule has 0 aliphatic carbocycles. The second-order valence-corrected chi connectivity index (χ2v) is 3.85. The Balaban J connectivity index is 2.47. The lowest BCUT2D eigenvalue weighted by atomic mass is 10.1. The molecule has 0 fully saturated rings. The van der Waals surface area contributed by atoms with Crippen LogP contribution in [-0.4, -0.2) is 10.2 Å². The Morgan fingerprint density at radius 3 is 2.31 bits per heavy atom. The van der Waals surface area contributed by atoms with Gasteiger partial charge >= 0.3 is 0 Å². The summed E-state index contributed by atoms with van der Waals surface area (Å²) in [7, 11) is 0. The minimum Gasteiger partial charge on any atom is -0.192 e. The molecule has 1 aromatic heterocycles. The molecule has 0 saturated heterocycles. The number of benzene rings is 1. The first kappa shape index (κ1) is 10.9. The molecule has 1 heterocycles. The molecule has 0 radical (unpaired) electrons. The maximum atomic E-state index is 8.67. The predicted octanol–water partition coefficient (Wildman–Crippen LogP) is 3.32. The van der Waals surface area contributed by atoms with E-state index in [1.165, 1.54) is 6.07 Å². The Kier molecular flexibility index (Phi) is 3.04. The van der Waals surface area contributed by atoms with E-state index < -0.39 is 0 Å². The third-order valence-corrected chi connectivity index (χ3v) is 2.48. The fraction of sp³-hybridized carbons (Fsp3) is 0. The van der Waals surface area contributed by atoms with Gasteiger partial charge in [0.05, 0.1) is 16.7 Å². The number of aromatic nitrogens is 2. The minimum atomic E-state index is 0.252. The van der Waals surface area contributed by atoms with E-state index in [-0.39, 0.29) is 5.15 Å². The Hall–Kier alpha value is -1.63. The van der Waals surface area contributed by atoms with Crippen molar-refractivity contribution in [3.05, 3.63) is 46.1 Å². The lowest BCUT2D eigenvalue weighted by Gasteiger charge is -2.02. The van der Waals surface area contributed by atoms with Crippen LogP contribution in [0.15, 0.2) is 30.3 Å². The minimum absolute atomic E-state index is 0.252. The largest absolute Gasteiger partial charge is 0.192 e. The Labute approximate surface area is 102 Å². The predicted molar refractivity (Wildman–Crippen MR) is 62.2 cm³/mol. The van der Waals surface area contributed by atoms with Crippen LogP contribution in [0.4, 0.5) is 0 Å². The molecule has 2 rings (SSSR count). The first-order valence-corrected chi connectivity index (χ1v) is 5.15. The highest BCUT2D eigenvalue weighted by molar-refractivity contribution is 6.35. The summed E-state index contributed by atoms with van der Waals surface area (Å²) in [5.41, 5.74) is 1.94. The van der Waals surface area contributed by atoms with E-state index in [0.717, 1.165) is 5.56 Å². The monoisotopic (exact) mass is 249 g/mol.